The highest BCUT2D eigenvalue weighted by molar-refractivity contribution is 7.92. The fraction of sp³-hybridized carbons (Fsp3) is 0. The van der Waals surface area contributed by atoms with Crippen LogP contribution in [-0.2, 0) is 10.0 Å². The summed E-state index contributed by atoms with van der Waals surface area (Å²) in [4.78, 5) is 12.0. The summed E-state index contributed by atoms with van der Waals surface area (Å²) in [5.74, 6) is -1.65. The zero-order valence-corrected chi connectivity index (χ0v) is 18.6. The number of hydrogen-bond donors (Lipinski definition) is 2. The number of sulfonamides is 1. The van der Waals surface area contributed by atoms with E-state index in [4.69, 9.17) is 46.4 Å². The number of halogens is 5. The second-order valence-electron chi connectivity index (χ2n) is 5.95. The standard InChI is InChI=1S/C19H11Cl4FN2O3S/c20-10-1-4-13(15(23)7-10)19(27)25-17-6-3-12(9-16(17)24)30(28,29)26-18-8-11(21)2-5-14(18)22/h1-9,26H,(H,25,27). The van der Waals surface area contributed by atoms with Crippen LogP contribution >= 0.6 is 46.4 Å². The molecule has 0 aromatic heterocycles. The van der Waals surface area contributed by atoms with E-state index in [1.165, 1.54) is 36.4 Å². The van der Waals surface area contributed by atoms with Crippen molar-refractivity contribution in [1.82, 2.24) is 0 Å². The smallest absolute Gasteiger partial charge is 0.262 e. The van der Waals surface area contributed by atoms with E-state index in [0.717, 1.165) is 18.2 Å². The van der Waals surface area contributed by atoms with Gasteiger partial charge in [-0.2, -0.15) is 0 Å². The largest absolute Gasteiger partial charge is 0.319 e. The molecule has 30 heavy (non-hydrogen) atoms. The molecule has 0 radical (unpaired) electrons. The van der Waals surface area contributed by atoms with Crippen LogP contribution in [0, 0.1) is 5.82 Å². The molecule has 0 aliphatic rings. The summed E-state index contributed by atoms with van der Waals surface area (Å²) in [7, 11) is -4.17. The van der Waals surface area contributed by atoms with Crippen LogP contribution in [-0.4, -0.2) is 14.3 Å². The highest BCUT2D eigenvalue weighted by Crippen LogP contribution is 2.29. The average molecular weight is 508 g/mol. The third-order valence-corrected chi connectivity index (χ3v) is 6.32. The van der Waals surface area contributed by atoms with Gasteiger partial charge in [0.1, 0.15) is 5.82 Å². The van der Waals surface area contributed by atoms with E-state index >= 15 is 0 Å². The predicted octanol–water partition coefficient (Wildman–Crippen LogP) is 6.49. The molecule has 0 saturated carbocycles. The van der Waals surface area contributed by atoms with E-state index in [1.54, 1.807) is 0 Å². The molecule has 0 saturated heterocycles. The number of rotatable bonds is 5. The van der Waals surface area contributed by atoms with Gasteiger partial charge in [0.2, 0.25) is 0 Å². The molecule has 0 unspecified atom stereocenters. The van der Waals surface area contributed by atoms with E-state index in [1.807, 2.05) is 0 Å². The van der Waals surface area contributed by atoms with Gasteiger partial charge in [0.25, 0.3) is 15.9 Å². The molecule has 11 heteroatoms. The quantitative estimate of drug-likeness (QED) is 0.414. The monoisotopic (exact) mass is 506 g/mol. The van der Waals surface area contributed by atoms with Gasteiger partial charge in [-0.15, -0.1) is 0 Å². The minimum absolute atomic E-state index is 0.0411. The molecule has 0 bridgehead atoms. The zero-order valence-electron chi connectivity index (χ0n) is 14.7. The average Bonchev–Trinajstić information content (AvgIpc) is 2.66. The molecule has 1 amide bonds. The van der Waals surface area contributed by atoms with Crippen LogP contribution in [0.15, 0.2) is 59.5 Å². The second-order valence-corrected chi connectivity index (χ2v) is 9.32. The number of amides is 1. The Bertz CT molecular complexity index is 1250. The lowest BCUT2D eigenvalue weighted by Crippen LogP contribution is -2.16. The maximum atomic E-state index is 14.5. The molecule has 0 aliphatic heterocycles. The summed E-state index contributed by atoms with van der Waals surface area (Å²) in [5.41, 5.74) is -0.112. The highest BCUT2D eigenvalue weighted by atomic mass is 35.5. The number of hydrogen-bond acceptors (Lipinski definition) is 3. The molecule has 0 fully saturated rings. The molecule has 0 heterocycles. The minimum atomic E-state index is -4.17. The number of anilines is 2. The number of carbonyl (C=O) groups is 1. The molecule has 0 spiro atoms. The SMILES string of the molecule is O=C(Nc1ccc(S(=O)(=O)Nc2cc(Cl)ccc2Cl)cc1F)c1ccc(Cl)cc1Cl. The Morgan fingerprint density at radius 1 is 0.800 bits per heavy atom. The Hall–Kier alpha value is -2.03. The van der Waals surface area contributed by atoms with Gasteiger partial charge in [-0.3, -0.25) is 9.52 Å². The van der Waals surface area contributed by atoms with Crippen LogP contribution in [0.5, 0.6) is 0 Å². The van der Waals surface area contributed by atoms with Crippen molar-refractivity contribution >= 4 is 73.7 Å². The third-order valence-electron chi connectivity index (χ3n) is 3.85. The van der Waals surface area contributed by atoms with Crippen LogP contribution in [0.2, 0.25) is 20.1 Å². The van der Waals surface area contributed by atoms with Crippen molar-refractivity contribution in [3.63, 3.8) is 0 Å². The van der Waals surface area contributed by atoms with E-state index in [9.17, 15) is 17.6 Å². The van der Waals surface area contributed by atoms with E-state index in [2.05, 4.69) is 10.0 Å². The number of nitrogens with one attached hydrogen (secondary N) is 2. The Balaban J connectivity index is 1.83. The Kier molecular flexibility index (Phi) is 6.79. The first-order valence-electron chi connectivity index (χ1n) is 8.10. The van der Waals surface area contributed by atoms with Crippen LogP contribution in [0.1, 0.15) is 10.4 Å². The Morgan fingerprint density at radius 2 is 1.47 bits per heavy atom. The van der Waals surface area contributed by atoms with Crippen molar-refractivity contribution in [2.24, 2.45) is 0 Å². The molecule has 3 rings (SSSR count). The van der Waals surface area contributed by atoms with Gasteiger partial charge < -0.3 is 5.32 Å². The van der Waals surface area contributed by atoms with Crippen molar-refractivity contribution in [1.29, 1.82) is 0 Å². The maximum Gasteiger partial charge on any atom is 0.262 e. The van der Waals surface area contributed by atoms with Gasteiger partial charge in [0.15, 0.2) is 0 Å². The summed E-state index contributed by atoms with van der Waals surface area (Å²) in [6.45, 7) is 0. The second kappa shape index (κ2) is 8.99. The van der Waals surface area contributed by atoms with Crippen molar-refractivity contribution < 1.29 is 17.6 Å². The van der Waals surface area contributed by atoms with Crippen molar-refractivity contribution in [3.8, 4) is 0 Å². The molecule has 2 N–H and O–H groups in total. The van der Waals surface area contributed by atoms with E-state index in [0.29, 0.717) is 5.02 Å². The lowest BCUT2D eigenvalue weighted by Gasteiger charge is -2.12. The third kappa shape index (κ3) is 5.17. The van der Waals surface area contributed by atoms with Crippen LogP contribution in [0.4, 0.5) is 15.8 Å². The summed E-state index contributed by atoms with van der Waals surface area (Å²) in [6.07, 6.45) is 0. The fourth-order valence-electron chi connectivity index (χ4n) is 2.41. The highest BCUT2D eigenvalue weighted by Gasteiger charge is 2.19. The first kappa shape index (κ1) is 22.7. The maximum absolute atomic E-state index is 14.5. The number of benzene rings is 3. The van der Waals surface area contributed by atoms with Gasteiger partial charge in [-0.05, 0) is 54.6 Å². The Morgan fingerprint density at radius 3 is 2.13 bits per heavy atom. The van der Waals surface area contributed by atoms with Crippen molar-refractivity contribution in [2.75, 3.05) is 10.0 Å². The summed E-state index contributed by atoms with van der Waals surface area (Å²) >= 11 is 23.6. The Labute approximate surface area is 191 Å². The minimum Gasteiger partial charge on any atom is -0.319 e. The molecule has 0 atom stereocenters. The molecule has 3 aromatic carbocycles. The van der Waals surface area contributed by atoms with Crippen molar-refractivity contribution in [2.45, 2.75) is 4.90 Å². The summed E-state index contributed by atoms with van der Waals surface area (Å²) in [6, 6.07) is 11.5. The topological polar surface area (TPSA) is 75.3 Å². The van der Waals surface area contributed by atoms with Crippen molar-refractivity contribution in [3.05, 3.63) is 86.1 Å². The van der Waals surface area contributed by atoms with E-state index < -0.39 is 21.7 Å². The first-order chi connectivity index (χ1) is 14.1. The summed E-state index contributed by atoms with van der Waals surface area (Å²) < 4.78 is 41.8. The lowest BCUT2D eigenvalue weighted by molar-refractivity contribution is 0.102. The van der Waals surface area contributed by atoms with Crippen LogP contribution in [0.25, 0.3) is 0 Å². The molecular formula is C19H11Cl4FN2O3S. The van der Waals surface area contributed by atoms with Gasteiger partial charge in [0.05, 0.1) is 31.9 Å². The zero-order chi connectivity index (χ0) is 22.1. The molecular weight excluding hydrogens is 497 g/mol. The molecule has 0 aliphatic carbocycles. The molecule has 5 nitrogen and oxygen atoms in total. The predicted molar refractivity (Wildman–Crippen MR) is 118 cm³/mol. The van der Waals surface area contributed by atoms with Crippen LogP contribution < -0.4 is 10.0 Å². The molecule has 3 aromatic rings. The molecule has 156 valence electrons. The number of carbonyl (C=O) groups excluding carboxylic acids is 1. The van der Waals surface area contributed by atoms with Gasteiger partial charge >= 0.3 is 0 Å². The van der Waals surface area contributed by atoms with Gasteiger partial charge in [-0.25, -0.2) is 12.8 Å². The normalized spacial score (nSPS) is 11.2. The lowest BCUT2D eigenvalue weighted by atomic mass is 10.2. The van der Waals surface area contributed by atoms with Crippen LogP contribution in [0.3, 0.4) is 0 Å². The van der Waals surface area contributed by atoms with Gasteiger partial charge in [0, 0.05) is 10.0 Å². The fourth-order valence-corrected chi connectivity index (χ4v) is 4.38. The van der Waals surface area contributed by atoms with Gasteiger partial charge in [-0.1, -0.05) is 46.4 Å². The van der Waals surface area contributed by atoms with E-state index in [-0.39, 0.29) is 36.9 Å². The first-order valence-corrected chi connectivity index (χ1v) is 11.1. The summed E-state index contributed by atoms with van der Waals surface area (Å²) in [5, 5.41) is 3.14.